The molecule has 1 aliphatic carbocycles. The molecular weight excluding hydrogens is 606 g/mol. The van der Waals surface area contributed by atoms with E-state index in [1.165, 1.54) is 24.3 Å². The van der Waals surface area contributed by atoms with Gasteiger partial charge in [0.1, 0.15) is 24.1 Å². The van der Waals surface area contributed by atoms with Gasteiger partial charge in [-0.05, 0) is 73.7 Å². The molecule has 1 aliphatic heterocycles. The van der Waals surface area contributed by atoms with Crippen molar-refractivity contribution in [1.29, 1.82) is 10.5 Å². The number of carboxylic acids is 1. The van der Waals surface area contributed by atoms with E-state index >= 15 is 4.39 Å². The molecule has 6 rings (SSSR count). The van der Waals surface area contributed by atoms with Crippen LogP contribution in [0.4, 0.5) is 8.78 Å². The first-order valence-corrected chi connectivity index (χ1v) is 15.4. The van der Waals surface area contributed by atoms with Crippen molar-refractivity contribution in [2.45, 2.75) is 57.9 Å². The van der Waals surface area contributed by atoms with Crippen molar-refractivity contribution in [2.24, 2.45) is 5.41 Å². The number of ether oxygens (including phenoxy) is 2. The Morgan fingerprint density at radius 1 is 1.09 bits per heavy atom. The van der Waals surface area contributed by atoms with Crippen LogP contribution >= 0.6 is 0 Å². The number of nitriles is 2. The molecule has 0 amide bonds. The lowest BCUT2D eigenvalue weighted by atomic mass is 10.0. The summed E-state index contributed by atoms with van der Waals surface area (Å²) in [5.41, 5.74) is 1.87. The van der Waals surface area contributed by atoms with Crippen LogP contribution in [0.1, 0.15) is 54.7 Å². The molecule has 0 unspecified atom stereocenters. The molecule has 47 heavy (non-hydrogen) atoms. The van der Waals surface area contributed by atoms with E-state index in [1.54, 1.807) is 24.3 Å². The minimum atomic E-state index is -1.12. The molecule has 0 spiro atoms. The number of carbonyl (C=O) groups is 1. The fraction of sp³-hybridized carbons (Fsp3) is 0.343. The Bertz CT molecular complexity index is 1920. The number of pyridine rings is 1. The number of piperidine rings is 1. The molecule has 1 N–H and O–H groups in total. The molecule has 0 bridgehead atoms. The molecule has 240 valence electrons. The Labute approximate surface area is 270 Å². The van der Waals surface area contributed by atoms with Gasteiger partial charge in [0.25, 0.3) is 0 Å². The zero-order valence-corrected chi connectivity index (χ0v) is 25.5. The standard InChI is InChI=1S/C35H32F2N6O4/c36-27-17-24(19-39)4-6-30(27)46-21-25-2-1-3-32(40-25)47-26-8-14-42(15-9-26)20-31-41-34-28(37)16-23(5-7-33(44)45)18-29(34)43(31)22-35(10-11-35)12-13-38/h1-7,16-18,26H,8-12,14-15,20-22H2,(H,44,45)/b7-5+. The minimum absolute atomic E-state index is 0.0348. The maximum absolute atomic E-state index is 15.2. The van der Waals surface area contributed by atoms with Gasteiger partial charge in [-0.15, -0.1) is 0 Å². The molecule has 2 fully saturated rings. The molecule has 10 nitrogen and oxygen atoms in total. The Morgan fingerprint density at radius 3 is 2.60 bits per heavy atom. The summed E-state index contributed by atoms with van der Waals surface area (Å²) in [5, 5.41) is 27.4. The monoisotopic (exact) mass is 638 g/mol. The highest BCUT2D eigenvalue weighted by Crippen LogP contribution is 2.50. The minimum Gasteiger partial charge on any atom is -0.484 e. The molecule has 1 saturated heterocycles. The summed E-state index contributed by atoms with van der Waals surface area (Å²) in [6.45, 7) is 2.50. The third-order valence-electron chi connectivity index (χ3n) is 8.64. The molecule has 4 aromatic rings. The van der Waals surface area contributed by atoms with Crippen LogP contribution in [-0.4, -0.2) is 49.7 Å². The predicted octanol–water partition coefficient (Wildman–Crippen LogP) is 6.00. The van der Waals surface area contributed by atoms with E-state index in [2.05, 4.69) is 16.0 Å². The fourth-order valence-electron chi connectivity index (χ4n) is 5.88. The normalized spacial score (nSPS) is 16.2. The van der Waals surface area contributed by atoms with Crippen LogP contribution in [0.3, 0.4) is 0 Å². The van der Waals surface area contributed by atoms with Gasteiger partial charge in [0.15, 0.2) is 17.4 Å². The van der Waals surface area contributed by atoms with Gasteiger partial charge in [-0.25, -0.2) is 23.5 Å². The number of imidazole rings is 1. The highest BCUT2D eigenvalue weighted by atomic mass is 19.1. The molecular formula is C35H32F2N6O4. The Balaban J connectivity index is 1.11. The number of halogens is 2. The summed E-state index contributed by atoms with van der Waals surface area (Å²) in [5.74, 6) is -1.07. The first kappa shape index (κ1) is 31.6. The van der Waals surface area contributed by atoms with Crippen molar-refractivity contribution in [2.75, 3.05) is 13.1 Å². The van der Waals surface area contributed by atoms with Gasteiger partial charge in [0, 0.05) is 43.6 Å². The van der Waals surface area contributed by atoms with Crippen LogP contribution in [0.2, 0.25) is 0 Å². The number of rotatable bonds is 12. The zero-order chi connectivity index (χ0) is 33.0. The maximum atomic E-state index is 15.2. The first-order valence-electron chi connectivity index (χ1n) is 15.4. The average Bonchev–Trinajstić information content (AvgIpc) is 3.74. The first-order chi connectivity index (χ1) is 22.7. The van der Waals surface area contributed by atoms with Crippen molar-refractivity contribution in [1.82, 2.24) is 19.4 Å². The van der Waals surface area contributed by atoms with Crippen LogP contribution in [0.25, 0.3) is 17.1 Å². The van der Waals surface area contributed by atoms with E-state index in [0.29, 0.717) is 61.1 Å². The second kappa shape index (κ2) is 13.6. The topological polar surface area (TPSA) is 137 Å². The van der Waals surface area contributed by atoms with Crippen molar-refractivity contribution in [3.63, 3.8) is 0 Å². The predicted molar refractivity (Wildman–Crippen MR) is 167 cm³/mol. The number of aliphatic carboxylic acids is 1. The lowest BCUT2D eigenvalue weighted by Crippen LogP contribution is -2.38. The number of hydrogen-bond acceptors (Lipinski definition) is 8. The van der Waals surface area contributed by atoms with Crippen LogP contribution in [0.5, 0.6) is 11.6 Å². The summed E-state index contributed by atoms with van der Waals surface area (Å²) >= 11 is 0. The summed E-state index contributed by atoms with van der Waals surface area (Å²) in [6.07, 6.45) is 5.96. The molecule has 0 atom stereocenters. The Hall–Kier alpha value is -5.33. The molecule has 3 heterocycles. The number of aromatic nitrogens is 3. The van der Waals surface area contributed by atoms with Crippen molar-refractivity contribution >= 4 is 23.1 Å². The van der Waals surface area contributed by atoms with Gasteiger partial charge in [-0.1, -0.05) is 6.07 Å². The number of carboxylic acid groups (broad SMARTS) is 1. The van der Waals surface area contributed by atoms with Crippen molar-refractivity contribution in [3.8, 4) is 23.8 Å². The SMILES string of the molecule is N#CCC1(Cn2c(CN3CCC(Oc4cccc(COc5ccc(C#N)cc5F)n4)CC3)nc3c(F)cc(/C=C/C(=O)O)cc32)CC1. The quantitative estimate of drug-likeness (QED) is 0.185. The van der Waals surface area contributed by atoms with Crippen molar-refractivity contribution in [3.05, 3.63) is 88.9 Å². The Kier molecular flexibility index (Phi) is 9.14. The second-order valence-corrected chi connectivity index (χ2v) is 12.1. The highest BCUT2D eigenvalue weighted by molar-refractivity contribution is 5.87. The van der Waals surface area contributed by atoms with E-state index in [1.807, 2.05) is 10.6 Å². The van der Waals surface area contributed by atoms with E-state index in [0.717, 1.165) is 37.8 Å². The number of benzene rings is 2. The summed E-state index contributed by atoms with van der Waals surface area (Å²) < 4.78 is 43.2. The van der Waals surface area contributed by atoms with Crippen molar-refractivity contribution < 1.29 is 28.2 Å². The summed E-state index contributed by atoms with van der Waals surface area (Å²) in [4.78, 5) is 22.5. The number of hydrogen-bond donors (Lipinski definition) is 1. The number of nitrogens with zero attached hydrogens (tertiary/aromatic N) is 6. The lowest BCUT2D eigenvalue weighted by Gasteiger charge is -2.32. The molecule has 12 heteroatoms. The second-order valence-electron chi connectivity index (χ2n) is 12.1. The van der Waals surface area contributed by atoms with Gasteiger partial charge in [-0.3, -0.25) is 4.90 Å². The molecule has 2 aromatic carbocycles. The van der Waals surface area contributed by atoms with Crippen LogP contribution < -0.4 is 9.47 Å². The molecule has 1 saturated carbocycles. The Morgan fingerprint density at radius 2 is 1.89 bits per heavy atom. The van der Waals surface area contributed by atoms with E-state index in [-0.39, 0.29) is 35.0 Å². The number of fused-ring (bicyclic) bond motifs is 1. The highest BCUT2D eigenvalue weighted by Gasteiger charge is 2.43. The lowest BCUT2D eigenvalue weighted by molar-refractivity contribution is -0.131. The third-order valence-corrected chi connectivity index (χ3v) is 8.64. The van der Waals surface area contributed by atoms with Crippen LogP contribution in [0, 0.1) is 39.7 Å². The smallest absolute Gasteiger partial charge is 0.328 e. The van der Waals surface area contributed by atoms with Crippen LogP contribution in [0.15, 0.2) is 54.6 Å². The molecule has 2 aliphatic rings. The van der Waals surface area contributed by atoms with Gasteiger partial charge in [0.05, 0.1) is 35.5 Å². The van der Waals surface area contributed by atoms with Gasteiger partial charge in [0.2, 0.25) is 5.88 Å². The third kappa shape index (κ3) is 7.56. The van der Waals surface area contributed by atoms with Crippen LogP contribution in [-0.2, 0) is 24.5 Å². The van der Waals surface area contributed by atoms with Gasteiger partial charge < -0.3 is 19.1 Å². The summed E-state index contributed by atoms with van der Waals surface area (Å²) in [6, 6.07) is 16.6. The van der Waals surface area contributed by atoms with E-state index < -0.39 is 17.6 Å². The number of likely N-dealkylation sites (tertiary alicyclic amines) is 1. The van der Waals surface area contributed by atoms with E-state index in [9.17, 15) is 14.4 Å². The van der Waals surface area contributed by atoms with Gasteiger partial charge in [-0.2, -0.15) is 10.5 Å². The van der Waals surface area contributed by atoms with Gasteiger partial charge >= 0.3 is 5.97 Å². The maximum Gasteiger partial charge on any atom is 0.328 e. The molecule has 0 radical (unpaired) electrons. The average molecular weight is 639 g/mol. The zero-order valence-electron chi connectivity index (χ0n) is 25.5. The largest absolute Gasteiger partial charge is 0.484 e. The molecule has 2 aromatic heterocycles. The van der Waals surface area contributed by atoms with E-state index in [4.69, 9.17) is 24.8 Å². The summed E-state index contributed by atoms with van der Waals surface area (Å²) in [7, 11) is 0. The fourth-order valence-corrected chi connectivity index (χ4v) is 5.88.